The van der Waals surface area contributed by atoms with Gasteiger partial charge in [-0.25, -0.2) is 4.98 Å². The maximum atomic E-state index is 12.6. The first-order valence-corrected chi connectivity index (χ1v) is 10.6. The maximum Gasteiger partial charge on any atom is 0.242 e. The summed E-state index contributed by atoms with van der Waals surface area (Å²) in [5.74, 6) is 7.01. The maximum absolute atomic E-state index is 12.6. The molecule has 2 aromatic carbocycles. The van der Waals surface area contributed by atoms with Gasteiger partial charge < -0.3 is 15.4 Å². The third-order valence-electron chi connectivity index (χ3n) is 5.29. The highest BCUT2D eigenvalue weighted by Crippen LogP contribution is 2.37. The molecule has 2 aromatic heterocycles. The Morgan fingerprint density at radius 3 is 2.58 bits per heavy atom. The standard InChI is InChI=1S/C27H24N4O2/c1-18(28-2)27(32)31-25-17-22(20-11-7-13-23-21(20)12-8-16-29-23)26(33-3)24(30-25)15-14-19-9-5-4-6-10-19/h4-13,16-18,28H,1-3H3,(H,30,31,32)/t18-/m1/s1. The van der Waals surface area contributed by atoms with E-state index in [0.29, 0.717) is 17.3 Å². The van der Waals surface area contributed by atoms with E-state index in [1.165, 1.54) is 0 Å². The molecule has 0 saturated carbocycles. The lowest BCUT2D eigenvalue weighted by Gasteiger charge is -2.16. The number of rotatable bonds is 5. The van der Waals surface area contributed by atoms with Crippen molar-refractivity contribution in [3.05, 3.63) is 84.2 Å². The summed E-state index contributed by atoms with van der Waals surface area (Å²) in [6, 6.07) is 20.9. The van der Waals surface area contributed by atoms with Gasteiger partial charge in [-0.05, 0) is 55.8 Å². The molecular formula is C27H24N4O2. The Bertz CT molecular complexity index is 1350. The van der Waals surface area contributed by atoms with Gasteiger partial charge in [-0.15, -0.1) is 0 Å². The highest BCUT2D eigenvalue weighted by molar-refractivity contribution is 5.99. The number of hydrogen-bond donors (Lipinski definition) is 2. The molecule has 0 radical (unpaired) electrons. The van der Waals surface area contributed by atoms with Crippen molar-refractivity contribution in [2.24, 2.45) is 0 Å². The predicted molar refractivity (Wildman–Crippen MR) is 131 cm³/mol. The fraction of sp³-hybridized carbons (Fsp3) is 0.148. The summed E-state index contributed by atoms with van der Waals surface area (Å²) in [7, 11) is 3.33. The van der Waals surface area contributed by atoms with Crippen molar-refractivity contribution in [2.75, 3.05) is 19.5 Å². The SMILES string of the molecule is CN[C@H](C)C(=O)Nc1cc(-c2cccc3ncccc23)c(OC)c(C#Cc2ccccc2)n1. The Morgan fingerprint density at radius 2 is 1.82 bits per heavy atom. The van der Waals surface area contributed by atoms with Crippen LogP contribution in [0.25, 0.3) is 22.0 Å². The Labute approximate surface area is 193 Å². The van der Waals surface area contributed by atoms with Crippen LogP contribution in [0.2, 0.25) is 0 Å². The number of aromatic nitrogens is 2. The topological polar surface area (TPSA) is 76.1 Å². The normalized spacial score (nSPS) is 11.4. The molecule has 2 heterocycles. The van der Waals surface area contributed by atoms with Gasteiger partial charge in [-0.3, -0.25) is 9.78 Å². The fourth-order valence-electron chi connectivity index (χ4n) is 3.45. The number of ether oxygens (including phenoxy) is 1. The zero-order chi connectivity index (χ0) is 23.2. The number of hydrogen-bond acceptors (Lipinski definition) is 5. The molecule has 164 valence electrons. The van der Waals surface area contributed by atoms with Gasteiger partial charge in [-0.1, -0.05) is 42.3 Å². The first kappa shape index (κ1) is 22.0. The third kappa shape index (κ3) is 4.84. The third-order valence-corrected chi connectivity index (χ3v) is 5.29. The molecule has 4 rings (SSSR count). The fourth-order valence-corrected chi connectivity index (χ4v) is 3.45. The van der Waals surface area contributed by atoms with Crippen molar-refractivity contribution in [2.45, 2.75) is 13.0 Å². The molecule has 1 amide bonds. The van der Waals surface area contributed by atoms with Crippen molar-refractivity contribution >= 4 is 22.6 Å². The molecule has 0 unspecified atom stereocenters. The van der Waals surface area contributed by atoms with Gasteiger partial charge in [-0.2, -0.15) is 0 Å². The predicted octanol–water partition coefficient (Wildman–Crippen LogP) is 4.25. The number of likely N-dealkylation sites (N-methyl/N-ethyl adjacent to an activating group) is 1. The van der Waals surface area contributed by atoms with Crippen LogP contribution in [0.5, 0.6) is 5.75 Å². The first-order chi connectivity index (χ1) is 16.1. The second-order valence-electron chi connectivity index (χ2n) is 7.43. The van der Waals surface area contributed by atoms with E-state index >= 15 is 0 Å². The van der Waals surface area contributed by atoms with Crippen LogP contribution in [0.3, 0.4) is 0 Å². The van der Waals surface area contributed by atoms with E-state index in [1.54, 1.807) is 27.3 Å². The van der Waals surface area contributed by atoms with E-state index in [0.717, 1.165) is 27.6 Å². The summed E-state index contributed by atoms with van der Waals surface area (Å²) in [4.78, 5) is 21.6. The van der Waals surface area contributed by atoms with E-state index in [4.69, 9.17) is 4.74 Å². The lowest BCUT2D eigenvalue weighted by Crippen LogP contribution is -2.35. The number of nitrogens with one attached hydrogen (secondary N) is 2. The van der Waals surface area contributed by atoms with E-state index in [-0.39, 0.29) is 11.9 Å². The zero-order valence-corrected chi connectivity index (χ0v) is 18.7. The van der Waals surface area contributed by atoms with Crippen molar-refractivity contribution < 1.29 is 9.53 Å². The van der Waals surface area contributed by atoms with Crippen molar-refractivity contribution in [3.63, 3.8) is 0 Å². The van der Waals surface area contributed by atoms with E-state index in [9.17, 15) is 4.79 Å². The monoisotopic (exact) mass is 436 g/mol. The Balaban J connectivity index is 1.91. The lowest BCUT2D eigenvalue weighted by atomic mass is 9.99. The summed E-state index contributed by atoms with van der Waals surface area (Å²) in [6.07, 6.45) is 1.76. The van der Waals surface area contributed by atoms with Crippen LogP contribution in [0.15, 0.2) is 72.9 Å². The molecule has 0 aliphatic heterocycles. The smallest absolute Gasteiger partial charge is 0.242 e. The van der Waals surface area contributed by atoms with Gasteiger partial charge >= 0.3 is 0 Å². The molecule has 4 aromatic rings. The van der Waals surface area contributed by atoms with Crippen molar-refractivity contribution in [1.29, 1.82) is 0 Å². The molecule has 0 saturated heterocycles. The van der Waals surface area contributed by atoms with Crippen LogP contribution in [0.4, 0.5) is 5.82 Å². The van der Waals surface area contributed by atoms with Gasteiger partial charge in [0.05, 0.1) is 18.7 Å². The van der Waals surface area contributed by atoms with E-state index in [1.807, 2.05) is 66.7 Å². The molecule has 6 heteroatoms. The minimum atomic E-state index is -0.377. The average molecular weight is 437 g/mol. The Kier molecular flexibility index (Phi) is 6.63. The molecule has 0 aliphatic rings. The molecule has 2 N–H and O–H groups in total. The van der Waals surface area contributed by atoms with Gasteiger partial charge in [0.2, 0.25) is 5.91 Å². The van der Waals surface area contributed by atoms with Crippen LogP contribution >= 0.6 is 0 Å². The summed E-state index contributed by atoms with van der Waals surface area (Å²) < 4.78 is 5.79. The first-order valence-electron chi connectivity index (χ1n) is 10.6. The average Bonchev–Trinajstić information content (AvgIpc) is 2.86. The minimum absolute atomic E-state index is 0.192. The van der Waals surface area contributed by atoms with Crippen LogP contribution < -0.4 is 15.4 Å². The summed E-state index contributed by atoms with van der Waals surface area (Å²) in [6.45, 7) is 1.78. The van der Waals surface area contributed by atoms with Gasteiger partial charge in [0.15, 0.2) is 11.4 Å². The van der Waals surface area contributed by atoms with Crippen LogP contribution in [0.1, 0.15) is 18.2 Å². The number of benzene rings is 2. The molecule has 0 bridgehead atoms. The zero-order valence-electron chi connectivity index (χ0n) is 18.7. The number of carbonyl (C=O) groups is 1. The number of carbonyl (C=O) groups excluding carboxylic acids is 1. The highest BCUT2D eigenvalue weighted by Gasteiger charge is 2.18. The van der Waals surface area contributed by atoms with Crippen LogP contribution in [0, 0.1) is 11.8 Å². The Morgan fingerprint density at radius 1 is 1.00 bits per heavy atom. The number of anilines is 1. The molecule has 0 fully saturated rings. The minimum Gasteiger partial charge on any atom is -0.493 e. The quantitative estimate of drug-likeness (QED) is 0.458. The summed E-state index contributed by atoms with van der Waals surface area (Å²) >= 11 is 0. The molecule has 1 atom stereocenters. The Hall–Kier alpha value is -4.21. The molecule has 0 spiro atoms. The number of fused-ring (bicyclic) bond motifs is 1. The van der Waals surface area contributed by atoms with Gasteiger partial charge in [0.1, 0.15) is 5.82 Å². The highest BCUT2D eigenvalue weighted by atomic mass is 16.5. The van der Waals surface area contributed by atoms with Gasteiger partial charge in [0.25, 0.3) is 0 Å². The molecular weight excluding hydrogens is 412 g/mol. The number of amides is 1. The number of nitrogens with zero attached hydrogens (tertiary/aromatic N) is 2. The second-order valence-corrected chi connectivity index (χ2v) is 7.43. The molecule has 0 aliphatic carbocycles. The van der Waals surface area contributed by atoms with E-state index < -0.39 is 0 Å². The second kappa shape index (κ2) is 9.94. The number of pyridine rings is 2. The van der Waals surface area contributed by atoms with Crippen LogP contribution in [-0.2, 0) is 4.79 Å². The summed E-state index contributed by atoms with van der Waals surface area (Å²) in [5.41, 5.74) is 3.85. The largest absolute Gasteiger partial charge is 0.493 e. The van der Waals surface area contributed by atoms with Crippen molar-refractivity contribution in [1.82, 2.24) is 15.3 Å². The molecule has 6 nitrogen and oxygen atoms in total. The van der Waals surface area contributed by atoms with Crippen molar-refractivity contribution in [3.8, 4) is 28.7 Å². The molecule has 33 heavy (non-hydrogen) atoms. The number of methoxy groups -OCH3 is 1. The lowest BCUT2D eigenvalue weighted by molar-refractivity contribution is -0.117. The van der Waals surface area contributed by atoms with Gasteiger partial charge in [0, 0.05) is 22.7 Å². The summed E-state index contributed by atoms with van der Waals surface area (Å²) in [5, 5.41) is 6.79. The van der Waals surface area contributed by atoms with Crippen LogP contribution in [-0.4, -0.2) is 36.1 Å². The van der Waals surface area contributed by atoms with E-state index in [2.05, 4.69) is 32.4 Å².